The fraction of sp³-hybridized carbons (Fsp3) is 0.273. The molecule has 8 heteroatoms. The zero-order valence-electron chi connectivity index (χ0n) is 16.2. The van der Waals surface area contributed by atoms with E-state index in [4.69, 9.17) is 10.2 Å². The highest BCUT2D eigenvalue weighted by Gasteiger charge is 2.25. The molecule has 2 aromatic rings. The Morgan fingerprint density at radius 1 is 0.900 bits per heavy atom. The number of halogens is 2. The van der Waals surface area contributed by atoms with Crippen molar-refractivity contribution in [3.05, 3.63) is 77.9 Å². The summed E-state index contributed by atoms with van der Waals surface area (Å²) in [5, 5.41) is 22.5. The summed E-state index contributed by atoms with van der Waals surface area (Å²) in [4.78, 5) is 19.1. The molecular formula is C22H24F2N2O4. The van der Waals surface area contributed by atoms with Gasteiger partial charge < -0.3 is 20.8 Å². The standard InChI is InChI=1S/C18H20F2N2.C4H4O4/c19-15-3-1-13(2-4-15)18(14-9-11-21-12-10-14)22-17-7-5-16(20)6-8-17;5-3(6)1-2-4(7)8/h1-8,14,18,21-22H,9-12H2;1-2H,(H,5,6)(H,7,8)/b;2-1+. The molecule has 1 atom stereocenters. The van der Waals surface area contributed by atoms with Crippen molar-refractivity contribution in [3.8, 4) is 0 Å². The summed E-state index contributed by atoms with van der Waals surface area (Å²) < 4.78 is 26.3. The number of carbonyl (C=O) groups is 2. The Morgan fingerprint density at radius 3 is 1.83 bits per heavy atom. The summed E-state index contributed by atoms with van der Waals surface area (Å²) in [7, 11) is 0. The largest absolute Gasteiger partial charge is 0.478 e. The van der Waals surface area contributed by atoms with E-state index in [1.165, 1.54) is 24.3 Å². The van der Waals surface area contributed by atoms with Crippen molar-refractivity contribution in [2.24, 2.45) is 5.92 Å². The molecule has 160 valence electrons. The molecule has 0 aromatic heterocycles. The Hall–Kier alpha value is -3.26. The Bertz CT molecular complexity index is 832. The van der Waals surface area contributed by atoms with Gasteiger partial charge >= 0.3 is 11.9 Å². The van der Waals surface area contributed by atoms with E-state index in [0.29, 0.717) is 18.1 Å². The highest BCUT2D eigenvalue weighted by molar-refractivity contribution is 5.89. The first-order valence-corrected chi connectivity index (χ1v) is 9.47. The molecule has 1 saturated heterocycles. The number of hydrogen-bond donors (Lipinski definition) is 4. The van der Waals surface area contributed by atoms with Gasteiger partial charge in [0, 0.05) is 17.8 Å². The first-order chi connectivity index (χ1) is 14.3. The minimum absolute atomic E-state index is 0.105. The van der Waals surface area contributed by atoms with E-state index in [9.17, 15) is 18.4 Å². The van der Waals surface area contributed by atoms with Gasteiger partial charge in [0.15, 0.2) is 0 Å². The monoisotopic (exact) mass is 418 g/mol. The fourth-order valence-electron chi connectivity index (χ4n) is 3.19. The highest BCUT2D eigenvalue weighted by atomic mass is 19.1. The molecule has 0 amide bonds. The van der Waals surface area contributed by atoms with Gasteiger partial charge in [0.25, 0.3) is 0 Å². The number of carboxylic acids is 2. The first-order valence-electron chi connectivity index (χ1n) is 9.47. The van der Waals surface area contributed by atoms with Gasteiger partial charge in [-0.3, -0.25) is 0 Å². The topological polar surface area (TPSA) is 98.7 Å². The number of rotatable bonds is 6. The lowest BCUT2D eigenvalue weighted by Crippen LogP contribution is -2.33. The van der Waals surface area contributed by atoms with E-state index in [-0.39, 0.29) is 17.7 Å². The van der Waals surface area contributed by atoms with Gasteiger partial charge in [-0.05, 0) is 73.8 Å². The molecule has 3 rings (SSSR count). The van der Waals surface area contributed by atoms with Crippen LogP contribution in [0.25, 0.3) is 0 Å². The van der Waals surface area contributed by atoms with E-state index < -0.39 is 11.9 Å². The van der Waals surface area contributed by atoms with Crippen LogP contribution >= 0.6 is 0 Å². The maximum atomic E-state index is 13.2. The normalized spacial score (nSPS) is 15.1. The quantitative estimate of drug-likeness (QED) is 0.532. The third kappa shape index (κ3) is 8.00. The second kappa shape index (κ2) is 11.7. The molecule has 6 nitrogen and oxygen atoms in total. The molecular weight excluding hydrogens is 394 g/mol. The summed E-state index contributed by atoms with van der Waals surface area (Å²) in [6.45, 7) is 1.99. The van der Waals surface area contributed by atoms with Crippen molar-refractivity contribution < 1.29 is 28.6 Å². The van der Waals surface area contributed by atoms with E-state index in [2.05, 4.69) is 10.6 Å². The van der Waals surface area contributed by atoms with Crippen molar-refractivity contribution in [1.29, 1.82) is 0 Å². The number of benzene rings is 2. The van der Waals surface area contributed by atoms with Gasteiger partial charge in [0.2, 0.25) is 0 Å². The van der Waals surface area contributed by atoms with Crippen molar-refractivity contribution in [2.45, 2.75) is 18.9 Å². The van der Waals surface area contributed by atoms with Crippen LogP contribution in [-0.2, 0) is 9.59 Å². The fourth-order valence-corrected chi connectivity index (χ4v) is 3.19. The van der Waals surface area contributed by atoms with Gasteiger partial charge in [-0.15, -0.1) is 0 Å². The summed E-state index contributed by atoms with van der Waals surface area (Å²) in [5.74, 6) is -2.52. The number of hydrogen-bond acceptors (Lipinski definition) is 4. The molecule has 1 fully saturated rings. The predicted molar refractivity (Wildman–Crippen MR) is 109 cm³/mol. The Kier molecular flexibility index (Phi) is 8.96. The third-order valence-electron chi connectivity index (χ3n) is 4.62. The lowest BCUT2D eigenvalue weighted by atomic mass is 9.85. The van der Waals surface area contributed by atoms with E-state index in [1.54, 1.807) is 12.1 Å². The lowest BCUT2D eigenvalue weighted by molar-refractivity contribution is -0.134. The van der Waals surface area contributed by atoms with Crippen LogP contribution in [0.1, 0.15) is 24.4 Å². The van der Waals surface area contributed by atoms with E-state index in [0.717, 1.165) is 37.2 Å². The van der Waals surface area contributed by atoms with Crippen molar-refractivity contribution in [2.75, 3.05) is 18.4 Å². The maximum Gasteiger partial charge on any atom is 0.328 e. The minimum Gasteiger partial charge on any atom is -0.478 e. The average molecular weight is 418 g/mol. The molecule has 2 aromatic carbocycles. The molecule has 0 spiro atoms. The van der Waals surface area contributed by atoms with E-state index in [1.807, 2.05) is 12.1 Å². The zero-order chi connectivity index (χ0) is 21.9. The summed E-state index contributed by atoms with van der Waals surface area (Å²) >= 11 is 0. The Labute approximate surface area is 173 Å². The van der Waals surface area contributed by atoms with Gasteiger partial charge in [-0.1, -0.05) is 12.1 Å². The zero-order valence-corrected chi connectivity index (χ0v) is 16.2. The van der Waals surface area contributed by atoms with Crippen LogP contribution in [0, 0.1) is 17.6 Å². The van der Waals surface area contributed by atoms with Crippen molar-refractivity contribution in [1.82, 2.24) is 5.32 Å². The number of nitrogens with one attached hydrogen (secondary N) is 2. The van der Waals surface area contributed by atoms with Gasteiger partial charge in [0.05, 0.1) is 6.04 Å². The first kappa shape index (κ1) is 23.0. The molecule has 30 heavy (non-hydrogen) atoms. The molecule has 0 saturated carbocycles. The van der Waals surface area contributed by atoms with E-state index >= 15 is 0 Å². The number of aliphatic carboxylic acids is 2. The maximum absolute atomic E-state index is 13.2. The molecule has 0 radical (unpaired) electrons. The Balaban J connectivity index is 0.000000343. The molecule has 4 N–H and O–H groups in total. The molecule has 0 aliphatic carbocycles. The predicted octanol–water partition coefficient (Wildman–Crippen LogP) is 3.83. The number of anilines is 1. The third-order valence-corrected chi connectivity index (χ3v) is 4.62. The van der Waals surface area contributed by atoms with Gasteiger partial charge in [0.1, 0.15) is 11.6 Å². The van der Waals surface area contributed by atoms with Crippen LogP contribution in [0.2, 0.25) is 0 Å². The lowest BCUT2D eigenvalue weighted by Gasteiger charge is -2.32. The second-order valence-electron chi connectivity index (χ2n) is 6.78. The van der Waals surface area contributed by atoms with Crippen LogP contribution in [0.15, 0.2) is 60.7 Å². The molecule has 1 unspecified atom stereocenters. The van der Waals surface area contributed by atoms with Crippen molar-refractivity contribution in [3.63, 3.8) is 0 Å². The van der Waals surface area contributed by atoms with Crippen LogP contribution < -0.4 is 10.6 Å². The minimum atomic E-state index is -1.26. The molecule has 1 aliphatic heterocycles. The number of piperidine rings is 1. The van der Waals surface area contributed by atoms with Gasteiger partial charge in [-0.25, -0.2) is 18.4 Å². The molecule has 1 heterocycles. The van der Waals surface area contributed by atoms with Crippen LogP contribution in [0.3, 0.4) is 0 Å². The molecule has 0 bridgehead atoms. The summed E-state index contributed by atoms with van der Waals surface area (Å²) in [6.07, 6.45) is 3.25. The SMILES string of the molecule is Fc1ccc(NC(c2ccc(F)cc2)C2CCNCC2)cc1.O=C(O)/C=C/C(=O)O. The second-order valence-corrected chi connectivity index (χ2v) is 6.78. The Morgan fingerprint density at radius 2 is 1.37 bits per heavy atom. The molecule has 1 aliphatic rings. The highest BCUT2D eigenvalue weighted by Crippen LogP contribution is 2.32. The summed E-state index contributed by atoms with van der Waals surface area (Å²) in [5.41, 5.74) is 1.95. The van der Waals surface area contributed by atoms with Crippen LogP contribution in [0.5, 0.6) is 0 Å². The van der Waals surface area contributed by atoms with Crippen molar-refractivity contribution >= 4 is 17.6 Å². The van der Waals surface area contributed by atoms with Crippen LogP contribution in [0.4, 0.5) is 14.5 Å². The smallest absolute Gasteiger partial charge is 0.328 e. The van der Waals surface area contributed by atoms with Crippen LogP contribution in [-0.4, -0.2) is 35.2 Å². The van der Waals surface area contributed by atoms with Gasteiger partial charge in [-0.2, -0.15) is 0 Å². The summed E-state index contributed by atoms with van der Waals surface area (Å²) in [6, 6.07) is 13.1. The average Bonchev–Trinajstić information content (AvgIpc) is 2.74. The number of carboxylic acid groups (broad SMARTS) is 2.